The van der Waals surface area contributed by atoms with E-state index in [0.29, 0.717) is 0 Å². The number of rotatable bonds is 2. The molecule has 1 aliphatic heterocycles. The molecule has 0 aromatic carbocycles. The van der Waals surface area contributed by atoms with Crippen LogP contribution in [-0.4, -0.2) is 24.1 Å². The minimum Gasteiger partial charge on any atom is -0.306 e. The molecule has 1 aliphatic rings. The highest BCUT2D eigenvalue weighted by atomic mass is 16.7. The lowest BCUT2D eigenvalue weighted by atomic mass is 10.0. The lowest BCUT2D eigenvalue weighted by Gasteiger charge is -2.25. The molecule has 1 rings (SSSR count). The maximum Gasteiger partial charge on any atom is 0.260 e. The fourth-order valence-corrected chi connectivity index (χ4v) is 1.35. The van der Waals surface area contributed by atoms with Crippen molar-refractivity contribution < 1.29 is 9.63 Å². The highest BCUT2D eigenvalue weighted by Gasteiger charge is 2.22. The number of hydrogen-bond donors (Lipinski definition) is 2. The molecule has 0 saturated carbocycles. The van der Waals surface area contributed by atoms with Crippen molar-refractivity contribution in [3.8, 4) is 0 Å². The predicted molar refractivity (Wildman–Crippen MR) is 54.6 cm³/mol. The van der Waals surface area contributed by atoms with Gasteiger partial charge in [0.1, 0.15) is 0 Å². The first-order chi connectivity index (χ1) is 6.49. The lowest BCUT2D eigenvalue weighted by molar-refractivity contribution is -0.148. The van der Waals surface area contributed by atoms with Crippen molar-refractivity contribution in [3.63, 3.8) is 0 Å². The molecule has 1 heterocycles. The van der Waals surface area contributed by atoms with Crippen molar-refractivity contribution in [2.75, 3.05) is 6.54 Å². The summed E-state index contributed by atoms with van der Waals surface area (Å²) in [6.45, 7) is 6.64. The summed E-state index contributed by atoms with van der Waals surface area (Å²) >= 11 is 0. The van der Waals surface area contributed by atoms with E-state index in [4.69, 9.17) is 4.84 Å². The Morgan fingerprint density at radius 2 is 2.14 bits per heavy atom. The van der Waals surface area contributed by atoms with Crippen molar-refractivity contribution in [2.45, 2.75) is 51.7 Å². The largest absolute Gasteiger partial charge is 0.306 e. The first kappa shape index (κ1) is 11.5. The van der Waals surface area contributed by atoms with Gasteiger partial charge in [0, 0.05) is 0 Å². The summed E-state index contributed by atoms with van der Waals surface area (Å²) in [6.07, 6.45) is 3.17. The zero-order chi connectivity index (χ0) is 10.6. The molecule has 4 nitrogen and oxygen atoms in total. The third kappa shape index (κ3) is 4.07. The van der Waals surface area contributed by atoms with E-state index in [0.717, 1.165) is 25.8 Å². The average molecular weight is 200 g/mol. The van der Waals surface area contributed by atoms with Crippen LogP contribution in [0, 0.1) is 0 Å². The van der Waals surface area contributed by atoms with E-state index in [9.17, 15) is 4.79 Å². The van der Waals surface area contributed by atoms with Crippen LogP contribution in [0.2, 0.25) is 0 Å². The Morgan fingerprint density at radius 3 is 2.64 bits per heavy atom. The molecule has 14 heavy (non-hydrogen) atoms. The summed E-state index contributed by atoms with van der Waals surface area (Å²) < 4.78 is 0. The highest BCUT2D eigenvalue weighted by molar-refractivity contribution is 5.80. The van der Waals surface area contributed by atoms with Crippen LogP contribution < -0.4 is 10.8 Å². The summed E-state index contributed by atoms with van der Waals surface area (Å²) in [5.74, 6) is -0.0559. The monoisotopic (exact) mass is 200 g/mol. The van der Waals surface area contributed by atoms with Gasteiger partial charge in [-0.3, -0.25) is 9.63 Å². The topological polar surface area (TPSA) is 50.4 Å². The van der Waals surface area contributed by atoms with Crippen molar-refractivity contribution in [1.29, 1.82) is 0 Å². The highest BCUT2D eigenvalue weighted by Crippen LogP contribution is 2.08. The first-order valence-electron chi connectivity index (χ1n) is 5.20. The summed E-state index contributed by atoms with van der Waals surface area (Å²) in [6, 6.07) is -0.0777. The van der Waals surface area contributed by atoms with Crippen LogP contribution in [0.5, 0.6) is 0 Å². The molecule has 0 aliphatic carbocycles. The van der Waals surface area contributed by atoms with Crippen LogP contribution in [0.15, 0.2) is 0 Å². The molecule has 0 bridgehead atoms. The molecular weight excluding hydrogens is 180 g/mol. The normalized spacial score (nSPS) is 23.2. The lowest BCUT2D eigenvalue weighted by Crippen LogP contribution is -2.48. The van der Waals surface area contributed by atoms with Crippen molar-refractivity contribution >= 4 is 5.91 Å². The van der Waals surface area contributed by atoms with Crippen LogP contribution in [0.25, 0.3) is 0 Å². The Balaban J connectivity index is 2.27. The minimum atomic E-state index is -0.329. The number of hydroxylamine groups is 1. The van der Waals surface area contributed by atoms with Gasteiger partial charge in [-0.05, 0) is 40.2 Å². The molecule has 0 radical (unpaired) electrons. The Morgan fingerprint density at radius 1 is 1.43 bits per heavy atom. The van der Waals surface area contributed by atoms with E-state index in [1.54, 1.807) is 0 Å². The maximum atomic E-state index is 11.5. The summed E-state index contributed by atoms with van der Waals surface area (Å²) in [5, 5.41) is 3.16. The zero-order valence-electron chi connectivity index (χ0n) is 9.22. The minimum absolute atomic E-state index is 0.0559. The molecule has 1 atom stereocenters. The fraction of sp³-hybridized carbons (Fsp3) is 0.900. The quantitative estimate of drug-likeness (QED) is 0.653. The smallest absolute Gasteiger partial charge is 0.260 e. The molecule has 1 saturated heterocycles. The van der Waals surface area contributed by atoms with E-state index in [1.807, 2.05) is 20.8 Å². The van der Waals surface area contributed by atoms with Gasteiger partial charge < -0.3 is 5.32 Å². The molecule has 1 unspecified atom stereocenters. The van der Waals surface area contributed by atoms with Gasteiger partial charge in [-0.2, -0.15) is 0 Å². The van der Waals surface area contributed by atoms with Gasteiger partial charge in [-0.1, -0.05) is 6.42 Å². The maximum absolute atomic E-state index is 11.5. The second-order valence-corrected chi connectivity index (χ2v) is 4.68. The number of carbonyl (C=O) groups excluding carboxylic acids is 1. The van der Waals surface area contributed by atoms with E-state index < -0.39 is 0 Å². The molecule has 1 amide bonds. The SMILES string of the molecule is CC(C)(C)ONC(=O)C1CCCCN1. The molecule has 0 aromatic heterocycles. The van der Waals surface area contributed by atoms with E-state index in [1.165, 1.54) is 0 Å². The van der Waals surface area contributed by atoms with Crippen LogP contribution in [-0.2, 0) is 9.63 Å². The Labute approximate surface area is 85.3 Å². The summed E-state index contributed by atoms with van der Waals surface area (Å²) in [4.78, 5) is 16.8. The summed E-state index contributed by atoms with van der Waals surface area (Å²) in [7, 11) is 0. The molecule has 0 aromatic rings. The van der Waals surface area contributed by atoms with Gasteiger partial charge in [0.25, 0.3) is 5.91 Å². The zero-order valence-corrected chi connectivity index (χ0v) is 9.22. The molecule has 1 fully saturated rings. The van der Waals surface area contributed by atoms with Crippen molar-refractivity contribution in [2.24, 2.45) is 0 Å². The molecule has 0 spiro atoms. The van der Waals surface area contributed by atoms with Crippen LogP contribution in [0.4, 0.5) is 0 Å². The van der Waals surface area contributed by atoms with E-state index in [2.05, 4.69) is 10.8 Å². The number of nitrogens with one attached hydrogen (secondary N) is 2. The average Bonchev–Trinajstić information content (AvgIpc) is 2.14. The van der Waals surface area contributed by atoms with Gasteiger partial charge in [-0.25, -0.2) is 5.48 Å². The molecule has 82 valence electrons. The Hall–Kier alpha value is -0.610. The third-order valence-electron chi connectivity index (χ3n) is 2.08. The number of hydrogen-bond acceptors (Lipinski definition) is 3. The standard InChI is InChI=1S/C10H20N2O2/c1-10(2,3)14-12-9(13)8-6-4-5-7-11-8/h8,11H,4-7H2,1-3H3,(H,12,13). The second-order valence-electron chi connectivity index (χ2n) is 4.68. The van der Waals surface area contributed by atoms with Gasteiger partial charge in [-0.15, -0.1) is 0 Å². The van der Waals surface area contributed by atoms with Gasteiger partial charge in [0.2, 0.25) is 0 Å². The number of carbonyl (C=O) groups is 1. The van der Waals surface area contributed by atoms with Gasteiger partial charge >= 0.3 is 0 Å². The summed E-state index contributed by atoms with van der Waals surface area (Å²) in [5.41, 5.74) is 2.16. The number of piperidine rings is 1. The van der Waals surface area contributed by atoms with Gasteiger partial charge in [0.05, 0.1) is 11.6 Å². The van der Waals surface area contributed by atoms with Crippen molar-refractivity contribution in [3.05, 3.63) is 0 Å². The number of amides is 1. The van der Waals surface area contributed by atoms with E-state index >= 15 is 0 Å². The van der Waals surface area contributed by atoms with E-state index in [-0.39, 0.29) is 17.6 Å². The first-order valence-corrected chi connectivity index (χ1v) is 5.20. The van der Waals surface area contributed by atoms with Gasteiger partial charge in [0.15, 0.2) is 0 Å². The predicted octanol–water partition coefficient (Wildman–Crippen LogP) is 0.975. The molecule has 2 N–H and O–H groups in total. The Bertz CT molecular complexity index is 193. The van der Waals surface area contributed by atoms with Crippen LogP contribution in [0.3, 0.4) is 0 Å². The Kier molecular flexibility index (Phi) is 3.89. The molecular formula is C10H20N2O2. The fourth-order valence-electron chi connectivity index (χ4n) is 1.35. The van der Waals surface area contributed by atoms with Crippen LogP contribution >= 0.6 is 0 Å². The molecule has 4 heteroatoms. The van der Waals surface area contributed by atoms with Crippen LogP contribution in [0.1, 0.15) is 40.0 Å². The van der Waals surface area contributed by atoms with Crippen molar-refractivity contribution in [1.82, 2.24) is 10.8 Å². The third-order valence-corrected chi connectivity index (χ3v) is 2.08. The second kappa shape index (κ2) is 4.75.